The average Bonchev–Trinajstić information content (AvgIpc) is 3.27. The molecule has 180 valence electrons. The van der Waals surface area contributed by atoms with Gasteiger partial charge >= 0.3 is 5.97 Å². The van der Waals surface area contributed by atoms with Crippen molar-refractivity contribution in [1.29, 1.82) is 5.26 Å². The Kier molecular flexibility index (Phi) is 5.74. The van der Waals surface area contributed by atoms with E-state index in [0.717, 1.165) is 84.5 Å². The first-order valence-corrected chi connectivity index (χ1v) is 12.5. The third-order valence-corrected chi connectivity index (χ3v) is 7.47. The molecule has 1 aromatic heterocycles. The Morgan fingerprint density at radius 1 is 1.17 bits per heavy atom. The topological polar surface area (TPSA) is 82.3 Å². The Labute approximate surface area is 210 Å². The summed E-state index contributed by atoms with van der Waals surface area (Å²) < 4.78 is 5.21. The van der Waals surface area contributed by atoms with Crippen LogP contribution in [-0.2, 0) is 37.3 Å². The molecule has 0 bridgehead atoms. The van der Waals surface area contributed by atoms with Crippen molar-refractivity contribution in [3.05, 3.63) is 93.4 Å². The summed E-state index contributed by atoms with van der Waals surface area (Å²) in [4.78, 5) is 26.0. The van der Waals surface area contributed by atoms with Crippen LogP contribution >= 0.6 is 0 Å². The van der Waals surface area contributed by atoms with Gasteiger partial charge in [0.15, 0.2) is 0 Å². The van der Waals surface area contributed by atoms with Crippen molar-refractivity contribution < 1.29 is 9.53 Å². The van der Waals surface area contributed by atoms with E-state index >= 15 is 0 Å². The van der Waals surface area contributed by atoms with Gasteiger partial charge in [-0.25, -0.2) is 14.8 Å². The molecule has 6 rings (SSSR count). The zero-order valence-corrected chi connectivity index (χ0v) is 20.3. The molecule has 0 N–H and O–H groups in total. The van der Waals surface area contributed by atoms with E-state index in [0.29, 0.717) is 18.1 Å². The van der Waals surface area contributed by atoms with Crippen molar-refractivity contribution in [2.75, 3.05) is 11.4 Å². The van der Waals surface area contributed by atoms with E-state index in [1.807, 2.05) is 41.6 Å². The van der Waals surface area contributed by atoms with Gasteiger partial charge in [-0.3, -0.25) is 9.80 Å². The summed E-state index contributed by atoms with van der Waals surface area (Å²) in [6.45, 7) is 4.95. The standard InChI is InChI=1S/C29H27N5O2/c1-19-21(9-10-24-25(19)18-36-28(24)35)16-33-13-11-26-22(17-33)15-31-29(32-26)34-12-4-2-3-7-23-20(14-30)6-5-8-27(23)34/h4-6,8-10,12,15H,2-3,7,11,13,16-18H2,1H3/b12-4-. The molecule has 3 aliphatic rings. The van der Waals surface area contributed by atoms with Gasteiger partial charge in [-0.05, 0) is 61.1 Å². The fourth-order valence-electron chi connectivity index (χ4n) is 5.42. The van der Waals surface area contributed by atoms with Crippen LogP contribution in [0.5, 0.6) is 0 Å². The lowest BCUT2D eigenvalue weighted by Crippen LogP contribution is -2.31. The first-order valence-electron chi connectivity index (χ1n) is 12.5. The smallest absolute Gasteiger partial charge is 0.338 e. The van der Waals surface area contributed by atoms with Gasteiger partial charge in [-0.1, -0.05) is 18.2 Å². The lowest BCUT2D eigenvalue weighted by atomic mass is 9.97. The Bertz CT molecular complexity index is 1440. The number of nitriles is 1. The molecule has 0 atom stereocenters. The Morgan fingerprint density at radius 2 is 2.08 bits per heavy atom. The van der Waals surface area contributed by atoms with E-state index in [4.69, 9.17) is 14.7 Å². The molecule has 0 radical (unpaired) electrons. The molecule has 3 aliphatic heterocycles. The average molecular weight is 478 g/mol. The molecule has 0 fully saturated rings. The third-order valence-electron chi connectivity index (χ3n) is 7.47. The second-order valence-electron chi connectivity index (χ2n) is 9.62. The van der Waals surface area contributed by atoms with Crippen molar-refractivity contribution >= 4 is 17.6 Å². The molecule has 7 nitrogen and oxygen atoms in total. The number of allylic oxidation sites excluding steroid dienone is 1. The highest BCUT2D eigenvalue weighted by atomic mass is 16.5. The monoisotopic (exact) mass is 477 g/mol. The minimum absolute atomic E-state index is 0.221. The number of rotatable bonds is 3. The predicted octanol–water partition coefficient (Wildman–Crippen LogP) is 4.87. The fraction of sp³-hybridized carbons (Fsp3) is 0.310. The molecule has 2 aromatic carbocycles. The number of anilines is 2. The maximum atomic E-state index is 11.9. The second kappa shape index (κ2) is 9.21. The van der Waals surface area contributed by atoms with Crippen LogP contribution in [0.4, 0.5) is 11.6 Å². The molecule has 0 amide bonds. The second-order valence-corrected chi connectivity index (χ2v) is 9.62. The van der Waals surface area contributed by atoms with Gasteiger partial charge in [-0.2, -0.15) is 5.26 Å². The van der Waals surface area contributed by atoms with Gasteiger partial charge in [0.2, 0.25) is 5.95 Å². The number of hydrogen-bond donors (Lipinski definition) is 0. The van der Waals surface area contributed by atoms with Crippen LogP contribution in [0.15, 0.2) is 48.8 Å². The maximum absolute atomic E-state index is 11.9. The molecular weight excluding hydrogens is 450 g/mol. The van der Waals surface area contributed by atoms with Gasteiger partial charge in [0, 0.05) is 49.6 Å². The van der Waals surface area contributed by atoms with Gasteiger partial charge < -0.3 is 4.74 Å². The number of carbonyl (C=O) groups excluding carboxylic acids is 1. The number of carbonyl (C=O) groups is 1. The normalized spacial score (nSPS) is 17.8. The molecule has 0 spiro atoms. The lowest BCUT2D eigenvalue weighted by Gasteiger charge is -2.30. The van der Waals surface area contributed by atoms with Gasteiger partial charge in [0.05, 0.1) is 28.6 Å². The number of hydrogen-bond acceptors (Lipinski definition) is 7. The number of aromatic nitrogens is 2. The Hall–Kier alpha value is -4.02. The quantitative estimate of drug-likeness (QED) is 0.498. The van der Waals surface area contributed by atoms with E-state index in [9.17, 15) is 10.1 Å². The summed E-state index contributed by atoms with van der Waals surface area (Å²) in [6.07, 6.45) is 9.83. The molecule has 4 heterocycles. The number of ether oxygens (including phenoxy) is 1. The molecule has 0 unspecified atom stereocenters. The summed E-state index contributed by atoms with van der Waals surface area (Å²) in [5, 5.41) is 9.63. The molecular formula is C29H27N5O2. The van der Waals surface area contributed by atoms with E-state index < -0.39 is 0 Å². The largest absolute Gasteiger partial charge is 0.457 e. The summed E-state index contributed by atoms with van der Waals surface area (Å²) in [5.41, 5.74) is 9.08. The fourth-order valence-corrected chi connectivity index (χ4v) is 5.42. The highest BCUT2D eigenvalue weighted by molar-refractivity contribution is 5.93. The van der Waals surface area contributed by atoms with Crippen LogP contribution in [0.25, 0.3) is 0 Å². The zero-order valence-electron chi connectivity index (χ0n) is 20.3. The van der Waals surface area contributed by atoms with Crippen LogP contribution in [0.2, 0.25) is 0 Å². The highest BCUT2D eigenvalue weighted by Crippen LogP contribution is 2.33. The van der Waals surface area contributed by atoms with Gasteiger partial charge in [0.1, 0.15) is 6.61 Å². The van der Waals surface area contributed by atoms with Crippen LogP contribution in [0.3, 0.4) is 0 Å². The third kappa shape index (κ3) is 3.94. The van der Waals surface area contributed by atoms with Crippen LogP contribution in [-0.4, -0.2) is 27.4 Å². The van der Waals surface area contributed by atoms with Gasteiger partial charge in [0.25, 0.3) is 0 Å². The first-order chi connectivity index (χ1) is 17.6. The summed E-state index contributed by atoms with van der Waals surface area (Å²) in [5.74, 6) is 0.427. The molecule has 7 heteroatoms. The molecule has 3 aromatic rings. The minimum atomic E-state index is -0.221. The summed E-state index contributed by atoms with van der Waals surface area (Å²) >= 11 is 0. The zero-order chi connectivity index (χ0) is 24.6. The highest BCUT2D eigenvalue weighted by Gasteiger charge is 2.26. The van der Waals surface area contributed by atoms with Crippen molar-refractivity contribution in [2.24, 2.45) is 0 Å². The number of benzene rings is 2. The number of nitrogens with zero attached hydrogens (tertiary/aromatic N) is 5. The molecule has 36 heavy (non-hydrogen) atoms. The predicted molar refractivity (Wildman–Crippen MR) is 136 cm³/mol. The lowest BCUT2D eigenvalue weighted by molar-refractivity contribution is 0.0535. The number of cyclic esters (lactones) is 1. The Balaban J connectivity index is 1.25. The number of fused-ring (bicyclic) bond motifs is 3. The van der Waals surface area contributed by atoms with Gasteiger partial charge in [-0.15, -0.1) is 0 Å². The van der Waals surface area contributed by atoms with Crippen LogP contribution in [0, 0.1) is 18.3 Å². The Morgan fingerprint density at radius 3 is 2.97 bits per heavy atom. The summed E-state index contributed by atoms with van der Waals surface area (Å²) in [7, 11) is 0. The van der Waals surface area contributed by atoms with E-state index in [2.05, 4.69) is 30.0 Å². The maximum Gasteiger partial charge on any atom is 0.338 e. The first kappa shape index (κ1) is 22.4. The van der Waals surface area contributed by atoms with Crippen molar-refractivity contribution in [2.45, 2.75) is 52.3 Å². The van der Waals surface area contributed by atoms with E-state index in [-0.39, 0.29) is 5.97 Å². The SMILES string of the molecule is Cc1c(CN2CCc3nc(N4/C=C\CCCc5c(C#N)cccc54)ncc3C2)ccc2c1COC2=O. The molecule has 0 saturated carbocycles. The van der Waals surface area contributed by atoms with E-state index in [1.54, 1.807) is 0 Å². The van der Waals surface area contributed by atoms with E-state index in [1.165, 1.54) is 5.56 Å². The minimum Gasteiger partial charge on any atom is -0.457 e. The summed E-state index contributed by atoms with van der Waals surface area (Å²) in [6, 6.07) is 12.2. The van der Waals surface area contributed by atoms with Crippen molar-refractivity contribution in [1.82, 2.24) is 14.9 Å². The van der Waals surface area contributed by atoms with Crippen molar-refractivity contribution in [3.63, 3.8) is 0 Å². The van der Waals surface area contributed by atoms with Crippen molar-refractivity contribution in [3.8, 4) is 6.07 Å². The molecule has 0 saturated heterocycles. The molecule has 0 aliphatic carbocycles. The van der Waals surface area contributed by atoms with Crippen LogP contribution < -0.4 is 4.90 Å². The van der Waals surface area contributed by atoms with Crippen LogP contribution in [0.1, 0.15) is 62.3 Å². The number of esters is 1.